The predicted octanol–water partition coefficient (Wildman–Crippen LogP) is 7.26. The zero-order valence-corrected chi connectivity index (χ0v) is 24.9. The number of piperidine rings is 1. The smallest absolute Gasteiger partial charge is 0.294 e. The third kappa shape index (κ3) is 5.62. The summed E-state index contributed by atoms with van der Waals surface area (Å²) in [5.74, 6) is 0.347. The maximum absolute atomic E-state index is 13.2. The van der Waals surface area contributed by atoms with Crippen molar-refractivity contribution in [3.8, 4) is 11.4 Å². The Bertz CT molecular complexity index is 1770. The van der Waals surface area contributed by atoms with Crippen molar-refractivity contribution in [1.82, 2.24) is 9.47 Å². The van der Waals surface area contributed by atoms with Gasteiger partial charge in [0.15, 0.2) is 0 Å². The number of aromatic nitrogens is 1. The average molecular weight is 597 g/mol. The lowest BCUT2D eigenvalue weighted by atomic mass is 10.1. The van der Waals surface area contributed by atoms with Gasteiger partial charge in [-0.15, -0.1) is 0 Å². The molecule has 0 bridgehead atoms. The number of hydrogen-bond donors (Lipinski definition) is 0. The number of nitro groups is 1. The molecule has 0 radical (unpaired) electrons. The highest BCUT2D eigenvalue weighted by Gasteiger charge is 2.35. The number of anilines is 1. The van der Waals surface area contributed by atoms with Gasteiger partial charge in [-0.25, -0.2) is 0 Å². The number of nitro benzene ring substituents is 1. The van der Waals surface area contributed by atoms with E-state index in [1.54, 1.807) is 12.1 Å². The molecule has 0 saturated carbocycles. The molecule has 0 atom stereocenters. The molecule has 4 aromatic rings. The number of rotatable bonds is 8. The summed E-state index contributed by atoms with van der Waals surface area (Å²) in [4.78, 5) is 41.4. The molecule has 3 aromatic carbocycles. The van der Waals surface area contributed by atoms with Gasteiger partial charge in [0.25, 0.3) is 16.8 Å². The predicted molar refractivity (Wildman–Crippen MR) is 170 cm³/mol. The van der Waals surface area contributed by atoms with E-state index in [1.807, 2.05) is 79.1 Å². The summed E-state index contributed by atoms with van der Waals surface area (Å²) in [7, 11) is 0. The van der Waals surface area contributed by atoms with Crippen LogP contribution in [0, 0.1) is 24.0 Å². The number of aryl methyl sites for hydroxylation is 1. The number of amides is 2. The molecule has 0 aliphatic carbocycles. The van der Waals surface area contributed by atoms with Crippen LogP contribution in [0.15, 0.2) is 71.6 Å². The van der Waals surface area contributed by atoms with Crippen molar-refractivity contribution < 1.29 is 19.2 Å². The molecule has 0 unspecified atom stereocenters. The van der Waals surface area contributed by atoms with E-state index < -0.39 is 0 Å². The van der Waals surface area contributed by atoms with Gasteiger partial charge in [0, 0.05) is 35.9 Å². The monoisotopic (exact) mass is 596 g/mol. The Morgan fingerprint density at radius 1 is 0.977 bits per heavy atom. The van der Waals surface area contributed by atoms with Crippen molar-refractivity contribution >= 4 is 51.1 Å². The highest BCUT2D eigenvalue weighted by molar-refractivity contribution is 8.18. The van der Waals surface area contributed by atoms with Crippen LogP contribution in [0.1, 0.15) is 36.2 Å². The van der Waals surface area contributed by atoms with E-state index in [2.05, 4.69) is 4.90 Å². The first-order valence-electron chi connectivity index (χ1n) is 14.4. The number of thioether (sulfide) groups is 1. The molecule has 3 heterocycles. The number of carbonyl (C=O) groups excluding carboxylic acids is 2. The van der Waals surface area contributed by atoms with E-state index >= 15 is 0 Å². The molecule has 43 heavy (non-hydrogen) atoms. The van der Waals surface area contributed by atoms with E-state index in [4.69, 9.17) is 4.74 Å². The summed E-state index contributed by atoms with van der Waals surface area (Å²) >= 11 is 0.908. The van der Waals surface area contributed by atoms with Crippen LogP contribution in [0.4, 0.5) is 16.2 Å². The van der Waals surface area contributed by atoms with Crippen LogP contribution in [-0.4, -0.2) is 51.8 Å². The van der Waals surface area contributed by atoms with Gasteiger partial charge in [0.1, 0.15) is 18.0 Å². The quantitative estimate of drug-likeness (QED) is 0.120. The van der Waals surface area contributed by atoms with Crippen LogP contribution < -0.4 is 9.64 Å². The minimum atomic E-state index is -0.358. The summed E-state index contributed by atoms with van der Waals surface area (Å²) in [6.07, 6.45) is 4.93. The number of ether oxygens (including phenoxy) is 1. The summed E-state index contributed by atoms with van der Waals surface area (Å²) in [6, 6.07) is 21.0. The van der Waals surface area contributed by atoms with Crippen LogP contribution in [0.3, 0.4) is 0 Å². The van der Waals surface area contributed by atoms with Crippen molar-refractivity contribution in [2.45, 2.75) is 33.1 Å². The highest BCUT2D eigenvalue weighted by atomic mass is 32.2. The number of benzene rings is 3. The molecule has 2 fully saturated rings. The zero-order chi connectivity index (χ0) is 30.1. The maximum atomic E-state index is 13.2. The van der Waals surface area contributed by atoms with Crippen LogP contribution in [0.25, 0.3) is 22.5 Å². The molecule has 2 amide bonds. The molecule has 0 N–H and O–H groups in total. The van der Waals surface area contributed by atoms with Crippen LogP contribution in [0.5, 0.6) is 5.75 Å². The molecule has 10 heteroatoms. The Morgan fingerprint density at radius 2 is 1.74 bits per heavy atom. The van der Waals surface area contributed by atoms with Crippen LogP contribution in [0.2, 0.25) is 0 Å². The van der Waals surface area contributed by atoms with Gasteiger partial charge < -0.3 is 14.2 Å². The van der Waals surface area contributed by atoms with E-state index in [1.165, 1.54) is 4.90 Å². The van der Waals surface area contributed by atoms with E-state index in [-0.39, 0.29) is 34.9 Å². The summed E-state index contributed by atoms with van der Waals surface area (Å²) in [6.45, 7) is 5.78. The van der Waals surface area contributed by atoms with Crippen molar-refractivity contribution in [2.75, 3.05) is 31.1 Å². The standard InChI is InChI=1S/C33H32N4O5S/c1-22-19-25(23(2)36(22)26-13-14-28(29(21-26)37(40)41)34-15-6-3-7-16-34)20-31-32(38)35(33(39)43-31)17-18-42-30-12-8-10-24-9-4-5-11-27(24)30/h4-5,8-14,19-21H,3,6-7,15-18H2,1-2H3/b31-20-. The second kappa shape index (κ2) is 12.0. The Kier molecular flexibility index (Phi) is 7.94. The minimum absolute atomic E-state index is 0.0836. The van der Waals surface area contributed by atoms with Gasteiger partial charge in [-0.1, -0.05) is 36.4 Å². The summed E-state index contributed by atoms with van der Waals surface area (Å²) < 4.78 is 7.91. The molecule has 2 aliphatic heterocycles. The Labute approximate surface area is 253 Å². The van der Waals surface area contributed by atoms with Crippen molar-refractivity contribution in [2.24, 2.45) is 0 Å². The largest absolute Gasteiger partial charge is 0.491 e. The van der Waals surface area contributed by atoms with Gasteiger partial charge in [-0.3, -0.25) is 24.6 Å². The molecule has 1 aromatic heterocycles. The number of nitrogens with zero attached hydrogens (tertiary/aromatic N) is 4. The Morgan fingerprint density at radius 3 is 2.53 bits per heavy atom. The normalized spacial score (nSPS) is 16.5. The lowest BCUT2D eigenvalue weighted by Crippen LogP contribution is -2.32. The molecule has 2 saturated heterocycles. The molecule has 0 spiro atoms. The van der Waals surface area contributed by atoms with Crippen molar-refractivity contribution in [1.29, 1.82) is 0 Å². The fourth-order valence-electron chi connectivity index (χ4n) is 5.93. The first-order valence-corrected chi connectivity index (χ1v) is 15.2. The average Bonchev–Trinajstić information content (AvgIpc) is 3.45. The highest BCUT2D eigenvalue weighted by Crippen LogP contribution is 2.36. The molecular formula is C33H32N4O5S. The maximum Gasteiger partial charge on any atom is 0.294 e. The number of hydrogen-bond acceptors (Lipinski definition) is 7. The molecule has 2 aliphatic rings. The van der Waals surface area contributed by atoms with Crippen molar-refractivity contribution in [3.05, 3.63) is 98.7 Å². The number of fused-ring (bicyclic) bond motifs is 1. The molecule has 9 nitrogen and oxygen atoms in total. The first-order chi connectivity index (χ1) is 20.8. The Balaban J connectivity index is 1.20. The van der Waals surface area contributed by atoms with E-state index in [9.17, 15) is 19.7 Å². The van der Waals surface area contributed by atoms with E-state index in [0.29, 0.717) is 22.0 Å². The zero-order valence-electron chi connectivity index (χ0n) is 24.1. The SMILES string of the molecule is Cc1cc(/C=C2\SC(=O)N(CCOc3cccc4ccccc34)C2=O)c(C)n1-c1ccc(N2CCCCC2)c([N+](=O)[O-])c1. The topological polar surface area (TPSA) is 97.9 Å². The lowest BCUT2D eigenvalue weighted by Gasteiger charge is -2.28. The second-order valence-electron chi connectivity index (χ2n) is 10.8. The fraction of sp³-hybridized carbons (Fsp3) is 0.273. The summed E-state index contributed by atoms with van der Waals surface area (Å²) in [5, 5.41) is 13.7. The van der Waals surface area contributed by atoms with Crippen LogP contribution >= 0.6 is 11.8 Å². The number of imide groups is 1. The molecule has 6 rings (SSSR count). The molecular weight excluding hydrogens is 564 g/mol. The minimum Gasteiger partial charge on any atom is -0.491 e. The lowest BCUT2D eigenvalue weighted by molar-refractivity contribution is -0.384. The van der Waals surface area contributed by atoms with Gasteiger partial charge in [0.2, 0.25) is 0 Å². The third-order valence-electron chi connectivity index (χ3n) is 8.06. The van der Waals surface area contributed by atoms with Gasteiger partial charge in [0.05, 0.1) is 22.1 Å². The second-order valence-corrected chi connectivity index (χ2v) is 11.8. The van der Waals surface area contributed by atoms with Crippen LogP contribution in [-0.2, 0) is 4.79 Å². The number of carbonyl (C=O) groups is 2. The van der Waals surface area contributed by atoms with E-state index in [0.717, 1.165) is 71.8 Å². The Hall–Kier alpha value is -4.57. The first kappa shape index (κ1) is 28.5. The van der Waals surface area contributed by atoms with Gasteiger partial charge in [-0.05, 0) is 86.2 Å². The molecule has 220 valence electrons. The third-order valence-corrected chi connectivity index (χ3v) is 8.97. The van der Waals surface area contributed by atoms with Gasteiger partial charge in [-0.2, -0.15) is 0 Å². The summed E-state index contributed by atoms with van der Waals surface area (Å²) in [5.41, 5.74) is 3.88. The fourth-order valence-corrected chi connectivity index (χ4v) is 6.79. The van der Waals surface area contributed by atoms with Gasteiger partial charge >= 0.3 is 0 Å². The van der Waals surface area contributed by atoms with Crippen molar-refractivity contribution in [3.63, 3.8) is 0 Å².